The molecule has 1 aliphatic rings. The van der Waals surface area contributed by atoms with Crippen LogP contribution in [-0.4, -0.2) is 23.6 Å². The normalized spacial score (nSPS) is 14.4. The first-order valence-electron chi connectivity index (χ1n) is 4.96. The highest BCUT2D eigenvalue weighted by Crippen LogP contribution is 2.16. The van der Waals surface area contributed by atoms with Crippen LogP contribution in [0.15, 0.2) is 6.20 Å². The average molecular weight is 193 g/mol. The van der Waals surface area contributed by atoms with Gasteiger partial charge in [0.15, 0.2) is 0 Å². The number of aryl methyl sites for hydroxylation is 1. The average Bonchev–Trinajstić information content (AvgIpc) is 2.65. The van der Waals surface area contributed by atoms with Crippen LogP contribution in [0.5, 0.6) is 0 Å². The van der Waals surface area contributed by atoms with Crippen molar-refractivity contribution in [3.8, 4) is 0 Å². The number of hydrogen-bond acceptors (Lipinski definition) is 4. The molecule has 0 amide bonds. The molecule has 0 radical (unpaired) electrons. The fraction of sp³-hybridized carbons (Fsp3) is 0.600. The minimum absolute atomic E-state index is 0.650. The quantitative estimate of drug-likeness (QED) is 0.713. The van der Waals surface area contributed by atoms with Gasteiger partial charge in [0, 0.05) is 18.2 Å². The van der Waals surface area contributed by atoms with Crippen molar-refractivity contribution in [2.45, 2.75) is 26.1 Å². The van der Waals surface area contributed by atoms with Crippen molar-refractivity contribution in [3.05, 3.63) is 23.3 Å². The van der Waals surface area contributed by atoms with Crippen molar-refractivity contribution >= 4 is 0 Å². The first kappa shape index (κ1) is 9.55. The zero-order valence-electron chi connectivity index (χ0n) is 8.42. The largest absolute Gasteiger partial charge is 0.370 e. The van der Waals surface area contributed by atoms with E-state index in [0.29, 0.717) is 13.2 Å². The molecular weight excluding hydrogens is 178 g/mol. The third-order valence-corrected chi connectivity index (χ3v) is 2.33. The van der Waals surface area contributed by atoms with E-state index in [-0.39, 0.29) is 0 Å². The molecule has 0 saturated heterocycles. The lowest BCUT2D eigenvalue weighted by atomic mass is 10.2. The maximum Gasteiger partial charge on any atom is 0.128 e. The molecule has 4 heteroatoms. The van der Waals surface area contributed by atoms with Gasteiger partial charge in [0.2, 0.25) is 0 Å². The topological polar surface area (TPSA) is 47.0 Å². The molecule has 0 bridgehead atoms. The van der Waals surface area contributed by atoms with Crippen LogP contribution in [-0.2, 0) is 24.4 Å². The predicted molar refractivity (Wildman–Crippen MR) is 52.8 cm³/mol. The fourth-order valence-electron chi connectivity index (χ4n) is 1.53. The number of rotatable bonds is 4. The molecule has 1 aromatic heterocycles. The Hall–Kier alpha value is -1.00. The highest BCUT2D eigenvalue weighted by atomic mass is 16.5. The van der Waals surface area contributed by atoms with Crippen LogP contribution in [0.25, 0.3) is 0 Å². The Morgan fingerprint density at radius 1 is 1.50 bits per heavy atom. The monoisotopic (exact) mass is 193 g/mol. The van der Waals surface area contributed by atoms with Crippen molar-refractivity contribution < 1.29 is 4.74 Å². The highest BCUT2D eigenvalue weighted by molar-refractivity contribution is 5.18. The van der Waals surface area contributed by atoms with Gasteiger partial charge in [0.05, 0.1) is 18.9 Å². The standard InChI is InChI=1S/C10H15N3O/c1-11-4-2-3-10-12-5-8-6-14-7-9(8)13-10/h5,11H,2-4,6-7H2,1H3. The van der Waals surface area contributed by atoms with Crippen LogP contribution in [0.2, 0.25) is 0 Å². The molecule has 2 rings (SSSR count). The number of nitrogens with one attached hydrogen (secondary N) is 1. The molecule has 0 aliphatic carbocycles. The molecule has 1 N–H and O–H groups in total. The lowest BCUT2D eigenvalue weighted by molar-refractivity contribution is 0.133. The van der Waals surface area contributed by atoms with Crippen molar-refractivity contribution in [2.24, 2.45) is 0 Å². The Morgan fingerprint density at radius 3 is 3.29 bits per heavy atom. The molecule has 1 aromatic rings. The molecule has 0 fully saturated rings. The molecule has 0 atom stereocenters. The summed E-state index contributed by atoms with van der Waals surface area (Å²) >= 11 is 0. The lowest BCUT2D eigenvalue weighted by Crippen LogP contribution is -2.09. The summed E-state index contributed by atoms with van der Waals surface area (Å²) in [4.78, 5) is 8.76. The van der Waals surface area contributed by atoms with E-state index in [1.165, 1.54) is 0 Å². The van der Waals surface area contributed by atoms with Crippen LogP contribution < -0.4 is 5.32 Å². The minimum Gasteiger partial charge on any atom is -0.370 e. The van der Waals surface area contributed by atoms with Gasteiger partial charge in [-0.1, -0.05) is 0 Å². The zero-order chi connectivity index (χ0) is 9.80. The van der Waals surface area contributed by atoms with Crippen LogP contribution in [0.1, 0.15) is 23.5 Å². The van der Waals surface area contributed by atoms with Crippen LogP contribution in [0.3, 0.4) is 0 Å². The third kappa shape index (κ3) is 2.08. The van der Waals surface area contributed by atoms with Gasteiger partial charge in [0.1, 0.15) is 5.82 Å². The third-order valence-electron chi connectivity index (χ3n) is 2.33. The summed E-state index contributed by atoms with van der Waals surface area (Å²) in [6.45, 7) is 2.33. The number of aromatic nitrogens is 2. The second-order valence-electron chi connectivity index (χ2n) is 3.46. The Bertz CT molecular complexity index is 314. The Morgan fingerprint density at radius 2 is 2.43 bits per heavy atom. The Balaban J connectivity index is 1.98. The maximum absolute atomic E-state index is 5.28. The molecule has 14 heavy (non-hydrogen) atoms. The second kappa shape index (κ2) is 4.48. The van der Waals surface area contributed by atoms with Gasteiger partial charge in [-0.05, 0) is 20.0 Å². The van der Waals surface area contributed by atoms with Gasteiger partial charge in [-0.25, -0.2) is 9.97 Å². The molecule has 76 valence electrons. The molecule has 4 nitrogen and oxygen atoms in total. The number of hydrogen-bond donors (Lipinski definition) is 1. The second-order valence-corrected chi connectivity index (χ2v) is 3.46. The first-order valence-corrected chi connectivity index (χ1v) is 4.96. The van der Waals surface area contributed by atoms with Crippen molar-refractivity contribution in [1.82, 2.24) is 15.3 Å². The molecule has 0 saturated carbocycles. The summed E-state index contributed by atoms with van der Waals surface area (Å²) in [5.41, 5.74) is 2.21. The summed E-state index contributed by atoms with van der Waals surface area (Å²) in [7, 11) is 1.96. The molecular formula is C10H15N3O. The van der Waals surface area contributed by atoms with E-state index < -0.39 is 0 Å². The van der Waals surface area contributed by atoms with E-state index in [1.807, 2.05) is 13.2 Å². The maximum atomic E-state index is 5.28. The zero-order valence-corrected chi connectivity index (χ0v) is 8.42. The van der Waals surface area contributed by atoms with Gasteiger partial charge in [-0.3, -0.25) is 0 Å². The number of ether oxygens (including phenoxy) is 1. The molecule has 0 spiro atoms. The molecule has 2 heterocycles. The summed E-state index contributed by atoms with van der Waals surface area (Å²) in [5.74, 6) is 0.935. The van der Waals surface area contributed by atoms with E-state index >= 15 is 0 Å². The van der Waals surface area contributed by atoms with Crippen LogP contribution >= 0.6 is 0 Å². The van der Waals surface area contributed by atoms with E-state index in [2.05, 4.69) is 15.3 Å². The number of nitrogens with zero attached hydrogens (tertiary/aromatic N) is 2. The SMILES string of the molecule is CNCCCc1ncc2c(n1)COC2. The smallest absolute Gasteiger partial charge is 0.128 e. The van der Waals surface area contributed by atoms with Gasteiger partial charge >= 0.3 is 0 Å². The molecule has 0 aromatic carbocycles. The minimum atomic E-state index is 0.650. The summed E-state index contributed by atoms with van der Waals surface area (Å²) < 4.78 is 5.28. The van der Waals surface area contributed by atoms with Gasteiger partial charge in [-0.2, -0.15) is 0 Å². The van der Waals surface area contributed by atoms with Gasteiger partial charge in [-0.15, -0.1) is 0 Å². The van der Waals surface area contributed by atoms with Gasteiger partial charge < -0.3 is 10.1 Å². The van der Waals surface area contributed by atoms with Crippen molar-refractivity contribution in [1.29, 1.82) is 0 Å². The van der Waals surface area contributed by atoms with E-state index in [1.54, 1.807) is 0 Å². The lowest BCUT2D eigenvalue weighted by Gasteiger charge is -2.01. The first-order chi connectivity index (χ1) is 6.90. The molecule has 0 unspecified atom stereocenters. The highest BCUT2D eigenvalue weighted by Gasteiger charge is 2.13. The Kier molecular flexibility index (Phi) is 3.06. The van der Waals surface area contributed by atoms with Crippen molar-refractivity contribution in [3.63, 3.8) is 0 Å². The van der Waals surface area contributed by atoms with Gasteiger partial charge in [0.25, 0.3) is 0 Å². The Labute approximate surface area is 83.7 Å². The summed E-state index contributed by atoms with van der Waals surface area (Å²) in [6, 6.07) is 0. The van der Waals surface area contributed by atoms with E-state index in [0.717, 1.165) is 36.5 Å². The van der Waals surface area contributed by atoms with E-state index in [9.17, 15) is 0 Å². The molecule has 1 aliphatic heterocycles. The van der Waals surface area contributed by atoms with E-state index in [4.69, 9.17) is 4.74 Å². The summed E-state index contributed by atoms with van der Waals surface area (Å²) in [5, 5.41) is 3.11. The van der Waals surface area contributed by atoms with Crippen LogP contribution in [0.4, 0.5) is 0 Å². The fourth-order valence-corrected chi connectivity index (χ4v) is 1.53. The summed E-state index contributed by atoms with van der Waals surface area (Å²) in [6.07, 6.45) is 3.91. The van der Waals surface area contributed by atoms with Crippen molar-refractivity contribution in [2.75, 3.05) is 13.6 Å². The predicted octanol–water partition coefficient (Wildman–Crippen LogP) is 0.659. The van der Waals surface area contributed by atoms with Crippen LogP contribution in [0, 0.1) is 0 Å². The number of fused-ring (bicyclic) bond motifs is 1.